The minimum atomic E-state index is -0.259. The van der Waals surface area contributed by atoms with Crippen molar-refractivity contribution in [2.45, 2.75) is 40.3 Å². The van der Waals surface area contributed by atoms with Crippen LogP contribution in [0.4, 0.5) is 5.69 Å². The number of aromatic nitrogens is 2. The fourth-order valence-corrected chi connectivity index (χ4v) is 3.08. The van der Waals surface area contributed by atoms with Gasteiger partial charge in [-0.15, -0.1) is 0 Å². The van der Waals surface area contributed by atoms with E-state index in [1.54, 1.807) is 24.3 Å². The Morgan fingerprint density at radius 1 is 1.13 bits per heavy atom. The van der Waals surface area contributed by atoms with Gasteiger partial charge in [-0.3, -0.25) is 14.8 Å². The molecule has 0 atom stereocenters. The number of halogens is 1. The lowest BCUT2D eigenvalue weighted by molar-refractivity contribution is 0.0977. The van der Waals surface area contributed by atoms with Gasteiger partial charge in [0.25, 0.3) is 5.91 Å². The summed E-state index contributed by atoms with van der Waals surface area (Å²) in [7, 11) is 0. The molecule has 0 aliphatic carbocycles. The highest BCUT2D eigenvalue weighted by atomic mass is 35.5. The van der Waals surface area contributed by atoms with Crippen LogP contribution in [0.1, 0.15) is 40.5 Å². The van der Waals surface area contributed by atoms with Gasteiger partial charge in [-0.25, -0.2) is 4.99 Å². The molecule has 3 rings (SSSR count). The molecule has 156 valence electrons. The summed E-state index contributed by atoms with van der Waals surface area (Å²) in [4.78, 5) is 17.4. The first-order valence-corrected chi connectivity index (χ1v) is 10.3. The number of nitrogens with zero attached hydrogens (tertiary/aromatic N) is 3. The average Bonchev–Trinajstić information content (AvgIpc) is 3.07. The summed E-state index contributed by atoms with van der Waals surface area (Å²) in [6, 6.07) is 14.6. The number of carbonyl (C=O) groups excluding carboxylic acids is 1. The van der Waals surface area contributed by atoms with Crippen molar-refractivity contribution in [2.24, 2.45) is 4.99 Å². The first-order chi connectivity index (χ1) is 14.5. The highest BCUT2D eigenvalue weighted by molar-refractivity contribution is 6.30. The summed E-state index contributed by atoms with van der Waals surface area (Å²) >= 11 is 5.93. The number of nitrogens with one attached hydrogen (secondary N) is 2. The summed E-state index contributed by atoms with van der Waals surface area (Å²) in [6.45, 7) is 7.36. The first kappa shape index (κ1) is 21.6. The Bertz CT molecular complexity index is 1040. The average molecular weight is 424 g/mol. The lowest BCUT2D eigenvalue weighted by atomic mass is 10.2. The largest absolute Gasteiger partial charge is 0.326 e. The van der Waals surface area contributed by atoms with Crippen LogP contribution in [0.25, 0.3) is 0 Å². The van der Waals surface area contributed by atoms with Crippen LogP contribution in [0.15, 0.2) is 59.7 Å². The van der Waals surface area contributed by atoms with Crippen molar-refractivity contribution in [2.75, 3.05) is 5.32 Å². The second-order valence-electron chi connectivity index (χ2n) is 7.07. The predicted molar refractivity (Wildman–Crippen MR) is 122 cm³/mol. The number of benzene rings is 2. The third-order valence-corrected chi connectivity index (χ3v) is 4.90. The maximum absolute atomic E-state index is 12.7. The van der Waals surface area contributed by atoms with Crippen molar-refractivity contribution in [3.63, 3.8) is 0 Å². The molecule has 2 N–H and O–H groups in total. The summed E-state index contributed by atoms with van der Waals surface area (Å²) in [5.41, 5.74) is 4.40. The minimum Gasteiger partial charge on any atom is -0.326 e. The standard InChI is InChI=1S/C23H26ClN5O/c1-4-13-29-15-19(17(3)28-29)14-25-23(26-21-8-6-5-7-16(21)2)27-22(30)18-9-11-20(24)12-10-18/h5-12,15H,4,13-14H2,1-3H3,(H2,25,26,27,30). The van der Waals surface area contributed by atoms with Gasteiger partial charge in [0.2, 0.25) is 5.96 Å². The number of hydrogen-bond acceptors (Lipinski definition) is 3. The van der Waals surface area contributed by atoms with Gasteiger partial charge in [0.05, 0.1) is 12.2 Å². The molecule has 6 nitrogen and oxygen atoms in total. The van der Waals surface area contributed by atoms with Gasteiger partial charge in [-0.2, -0.15) is 5.10 Å². The molecule has 0 spiro atoms. The molecule has 1 amide bonds. The fraction of sp³-hybridized carbons (Fsp3) is 0.261. The number of rotatable bonds is 6. The Hall–Kier alpha value is -3.12. The summed E-state index contributed by atoms with van der Waals surface area (Å²) < 4.78 is 1.93. The molecular formula is C23H26ClN5O. The normalized spacial score (nSPS) is 11.4. The number of aryl methyl sites for hydroxylation is 3. The zero-order valence-corrected chi connectivity index (χ0v) is 18.2. The third-order valence-electron chi connectivity index (χ3n) is 4.64. The van der Waals surface area contributed by atoms with Crippen molar-refractivity contribution in [3.05, 3.63) is 82.1 Å². The third kappa shape index (κ3) is 5.70. The molecule has 0 radical (unpaired) electrons. The van der Waals surface area contributed by atoms with Gasteiger partial charge < -0.3 is 5.32 Å². The zero-order valence-electron chi connectivity index (χ0n) is 17.4. The lowest BCUT2D eigenvalue weighted by Gasteiger charge is -2.13. The van der Waals surface area contributed by atoms with Crippen LogP contribution in [-0.2, 0) is 13.1 Å². The molecule has 0 fully saturated rings. The van der Waals surface area contributed by atoms with Crippen molar-refractivity contribution in [1.29, 1.82) is 0 Å². The molecule has 0 saturated heterocycles. The van der Waals surface area contributed by atoms with Crippen LogP contribution in [0, 0.1) is 13.8 Å². The van der Waals surface area contributed by atoms with E-state index in [4.69, 9.17) is 11.6 Å². The van der Waals surface area contributed by atoms with E-state index in [9.17, 15) is 4.79 Å². The second kappa shape index (κ2) is 10.1. The summed E-state index contributed by atoms with van der Waals surface area (Å²) in [5.74, 6) is 0.122. The van der Waals surface area contributed by atoms with Crippen LogP contribution in [0.2, 0.25) is 5.02 Å². The quantitative estimate of drug-likeness (QED) is 0.434. The number of hydrogen-bond donors (Lipinski definition) is 2. The predicted octanol–water partition coefficient (Wildman–Crippen LogP) is 4.96. The highest BCUT2D eigenvalue weighted by Crippen LogP contribution is 2.14. The molecule has 3 aromatic rings. The van der Waals surface area contributed by atoms with Crippen molar-refractivity contribution in [3.8, 4) is 0 Å². The number of aliphatic imine (C=N–C) groups is 1. The van der Waals surface area contributed by atoms with Gasteiger partial charge >= 0.3 is 0 Å². The van der Waals surface area contributed by atoms with Crippen LogP contribution in [-0.4, -0.2) is 21.6 Å². The van der Waals surface area contributed by atoms with Gasteiger partial charge in [-0.1, -0.05) is 36.7 Å². The van der Waals surface area contributed by atoms with Crippen LogP contribution in [0.5, 0.6) is 0 Å². The smallest absolute Gasteiger partial charge is 0.257 e. The minimum absolute atomic E-state index is 0.259. The van der Waals surface area contributed by atoms with Gasteiger partial charge in [-0.05, 0) is 56.2 Å². The van der Waals surface area contributed by atoms with E-state index >= 15 is 0 Å². The second-order valence-corrected chi connectivity index (χ2v) is 7.51. The maximum atomic E-state index is 12.7. The molecule has 0 saturated carbocycles. The number of amides is 1. The molecule has 0 aliphatic heterocycles. The van der Waals surface area contributed by atoms with E-state index in [0.717, 1.165) is 35.5 Å². The summed E-state index contributed by atoms with van der Waals surface area (Å²) in [5, 5.41) is 11.2. The Morgan fingerprint density at radius 2 is 1.87 bits per heavy atom. The maximum Gasteiger partial charge on any atom is 0.257 e. The van der Waals surface area contributed by atoms with Crippen molar-refractivity contribution >= 4 is 29.2 Å². The van der Waals surface area contributed by atoms with E-state index in [0.29, 0.717) is 23.1 Å². The fourth-order valence-electron chi connectivity index (χ4n) is 2.95. The molecular weight excluding hydrogens is 398 g/mol. The van der Waals surface area contributed by atoms with E-state index < -0.39 is 0 Å². The van der Waals surface area contributed by atoms with Crippen LogP contribution >= 0.6 is 11.6 Å². The van der Waals surface area contributed by atoms with Gasteiger partial charge in [0.15, 0.2) is 0 Å². The monoisotopic (exact) mass is 423 g/mol. The van der Waals surface area contributed by atoms with Gasteiger partial charge in [0.1, 0.15) is 0 Å². The Labute approximate surface area is 182 Å². The van der Waals surface area contributed by atoms with E-state index in [2.05, 4.69) is 27.6 Å². The van der Waals surface area contributed by atoms with E-state index in [1.807, 2.05) is 49.0 Å². The van der Waals surface area contributed by atoms with Crippen molar-refractivity contribution in [1.82, 2.24) is 15.1 Å². The molecule has 1 heterocycles. The molecule has 7 heteroatoms. The Morgan fingerprint density at radius 3 is 2.57 bits per heavy atom. The Kier molecular flexibility index (Phi) is 7.25. The molecule has 2 aromatic carbocycles. The van der Waals surface area contributed by atoms with Crippen molar-refractivity contribution < 1.29 is 4.79 Å². The van der Waals surface area contributed by atoms with Gasteiger partial charge in [0, 0.05) is 34.6 Å². The first-order valence-electron chi connectivity index (χ1n) is 9.93. The molecule has 0 aliphatic rings. The number of para-hydroxylation sites is 1. The Balaban J connectivity index is 1.83. The number of guanidine groups is 1. The zero-order chi connectivity index (χ0) is 21.5. The molecule has 1 aromatic heterocycles. The number of carbonyl (C=O) groups is 1. The highest BCUT2D eigenvalue weighted by Gasteiger charge is 2.11. The number of anilines is 1. The topological polar surface area (TPSA) is 71.3 Å². The molecule has 0 bridgehead atoms. The van der Waals surface area contributed by atoms with E-state index in [-0.39, 0.29) is 5.91 Å². The molecule has 30 heavy (non-hydrogen) atoms. The lowest BCUT2D eigenvalue weighted by Crippen LogP contribution is -2.36. The SMILES string of the molecule is CCCn1cc(CN=C(NC(=O)c2ccc(Cl)cc2)Nc2ccccc2C)c(C)n1. The molecule has 0 unspecified atom stereocenters. The van der Waals surface area contributed by atoms with Crippen LogP contribution < -0.4 is 10.6 Å². The van der Waals surface area contributed by atoms with Crippen LogP contribution in [0.3, 0.4) is 0 Å². The summed E-state index contributed by atoms with van der Waals surface area (Å²) in [6.07, 6.45) is 3.02. The van der Waals surface area contributed by atoms with E-state index in [1.165, 1.54) is 0 Å².